The van der Waals surface area contributed by atoms with Crippen molar-refractivity contribution in [2.45, 2.75) is 13.2 Å². The number of thiazole rings is 1. The average molecular weight is 337 g/mol. The van der Waals surface area contributed by atoms with Crippen LogP contribution in [0.3, 0.4) is 0 Å². The molecule has 7 heteroatoms. The smallest absolute Gasteiger partial charge is 0.278 e. The fourth-order valence-electron chi connectivity index (χ4n) is 2.61. The van der Waals surface area contributed by atoms with Gasteiger partial charge in [-0.3, -0.25) is 9.69 Å². The van der Waals surface area contributed by atoms with Gasteiger partial charge in [0, 0.05) is 0 Å². The summed E-state index contributed by atoms with van der Waals surface area (Å²) in [6.07, 6.45) is 0. The number of aromatic nitrogens is 4. The molecule has 6 nitrogen and oxygen atoms in total. The second-order valence-electron chi connectivity index (χ2n) is 5.64. The minimum Gasteiger partial charge on any atom is -0.281 e. The third kappa shape index (κ3) is 2.79. The summed E-state index contributed by atoms with van der Waals surface area (Å²) >= 11 is 1.67. The van der Waals surface area contributed by atoms with E-state index in [4.69, 9.17) is 0 Å². The first-order valence-electron chi connectivity index (χ1n) is 7.56. The van der Waals surface area contributed by atoms with Crippen LogP contribution in [0.5, 0.6) is 0 Å². The summed E-state index contributed by atoms with van der Waals surface area (Å²) in [5.41, 5.74) is 1.50. The highest BCUT2D eigenvalue weighted by molar-refractivity contribution is 7.18. The fourth-order valence-corrected chi connectivity index (χ4v) is 3.66. The molecule has 2 heterocycles. The van der Waals surface area contributed by atoms with Crippen molar-refractivity contribution >= 4 is 32.5 Å². The predicted molar refractivity (Wildman–Crippen MR) is 94.9 cm³/mol. The number of nitrogens with zero attached hydrogens (tertiary/aromatic N) is 5. The van der Waals surface area contributed by atoms with E-state index in [0.717, 1.165) is 10.5 Å². The van der Waals surface area contributed by atoms with E-state index in [9.17, 15) is 4.79 Å². The van der Waals surface area contributed by atoms with Gasteiger partial charge in [-0.15, -0.1) is 16.4 Å². The highest BCUT2D eigenvalue weighted by Gasteiger charge is 2.10. The first-order valence-corrected chi connectivity index (χ1v) is 8.38. The average Bonchev–Trinajstić information content (AvgIpc) is 2.99. The van der Waals surface area contributed by atoms with Gasteiger partial charge >= 0.3 is 0 Å². The van der Waals surface area contributed by atoms with E-state index in [1.54, 1.807) is 23.5 Å². The Morgan fingerprint density at radius 2 is 1.83 bits per heavy atom. The maximum Gasteiger partial charge on any atom is 0.278 e. The maximum atomic E-state index is 12.5. The zero-order chi connectivity index (χ0) is 16.5. The number of rotatable bonds is 4. The van der Waals surface area contributed by atoms with E-state index in [1.807, 2.05) is 42.3 Å². The van der Waals surface area contributed by atoms with Gasteiger partial charge in [0.1, 0.15) is 10.5 Å². The molecule has 0 unspecified atom stereocenters. The first kappa shape index (κ1) is 14.9. The molecule has 0 radical (unpaired) electrons. The lowest BCUT2D eigenvalue weighted by atomic mass is 10.2. The Morgan fingerprint density at radius 1 is 1.08 bits per heavy atom. The third-order valence-electron chi connectivity index (χ3n) is 3.75. The summed E-state index contributed by atoms with van der Waals surface area (Å²) in [5, 5.41) is 9.73. The topological polar surface area (TPSA) is 63.9 Å². The molecule has 2 aromatic carbocycles. The molecular weight excluding hydrogens is 322 g/mol. The molecule has 0 aliphatic heterocycles. The van der Waals surface area contributed by atoms with Crippen molar-refractivity contribution in [2.75, 3.05) is 7.05 Å². The molecule has 2 aromatic heterocycles. The number of benzene rings is 2. The molecule has 0 atom stereocenters. The van der Waals surface area contributed by atoms with Crippen LogP contribution in [0.15, 0.2) is 53.3 Å². The van der Waals surface area contributed by atoms with Crippen molar-refractivity contribution in [1.82, 2.24) is 24.9 Å². The standard InChI is InChI=1S/C17H15N5OS/c1-21(10-16-18-14-8-4-5-9-15(14)24-16)11-22-17(23)12-6-2-3-7-13(12)19-20-22/h2-9H,10-11H2,1H3. The molecule has 4 aromatic rings. The summed E-state index contributed by atoms with van der Waals surface area (Å²) in [7, 11) is 1.94. The van der Waals surface area contributed by atoms with Crippen molar-refractivity contribution in [3.63, 3.8) is 0 Å². The van der Waals surface area contributed by atoms with E-state index in [2.05, 4.69) is 21.4 Å². The quantitative estimate of drug-likeness (QED) is 0.572. The molecule has 0 spiro atoms. The van der Waals surface area contributed by atoms with Crippen LogP contribution in [0.4, 0.5) is 0 Å². The predicted octanol–water partition coefficient (Wildman–Crippen LogP) is 2.49. The highest BCUT2D eigenvalue weighted by Crippen LogP contribution is 2.22. The van der Waals surface area contributed by atoms with Gasteiger partial charge in [-0.1, -0.05) is 29.5 Å². The van der Waals surface area contributed by atoms with E-state index in [1.165, 1.54) is 9.38 Å². The molecule has 0 aliphatic rings. The van der Waals surface area contributed by atoms with Crippen LogP contribution in [0.25, 0.3) is 21.1 Å². The number of hydrogen-bond donors (Lipinski definition) is 0. The number of para-hydroxylation sites is 1. The molecular formula is C17H15N5OS. The summed E-state index contributed by atoms with van der Waals surface area (Å²) in [5.74, 6) is 0. The van der Waals surface area contributed by atoms with Crippen LogP contribution >= 0.6 is 11.3 Å². The van der Waals surface area contributed by atoms with Gasteiger partial charge in [0.05, 0.1) is 28.8 Å². The Morgan fingerprint density at radius 3 is 2.67 bits per heavy atom. The minimum atomic E-state index is -0.128. The summed E-state index contributed by atoms with van der Waals surface area (Å²) in [6.45, 7) is 1.02. The molecule has 0 bridgehead atoms. The summed E-state index contributed by atoms with van der Waals surface area (Å²) in [4.78, 5) is 19.1. The Kier molecular flexibility index (Phi) is 3.79. The lowest BCUT2D eigenvalue weighted by Crippen LogP contribution is -2.32. The molecule has 120 valence electrons. The summed E-state index contributed by atoms with van der Waals surface area (Å²) in [6, 6.07) is 15.3. The van der Waals surface area contributed by atoms with Crippen LogP contribution in [-0.4, -0.2) is 31.9 Å². The van der Waals surface area contributed by atoms with Crippen LogP contribution in [-0.2, 0) is 13.2 Å². The molecule has 4 rings (SSSR count). The lowest BCUT2D eigenvalue weighted by molar-refractivity contribution is 0.236. The Balaban J connectivity index is 1.56. The second kappa shape index (κ2) is 6.10. The van der Waals surface area contributed by atoms with Gasteiger partial charge in [-0.05, 0) is 31.3 Å². The van der Waals surface area contributed by atoms with Gasteiger partial charge in [0.25, 0.3) is 5.56 Å². The van der Waals surface area contributed by atoms with Gasteiger partial charge < -0.3 is 0 Å². The van der Waals surface area contributed by atoms with E-state index in [-0.39, 0.29) is 5.56 Å². The largest absolute Gasteiger partial charge is 0.281 e. The third-order valence-corrected chi connectivity index (χ3v) is 4.77. The molecule has 0 aliphatic carbocycles. The van der Waals surface area contributed by atoms with Crippen molar-refractivity contribution in [1.29, 1.82) is 0 Å². The van der Waals surface area contributed by atoms with Crippen molar-refractivity contribution in [3.8, 4) is 0 Å². The van der Waals surface area contributed by atoms with Crippen LogP contribution < -0.4 is 5.56 Å². The van der Waals surface area contributed by atoms with Crippen molar-refractivity contribution < 1.29 is 0 Å². The SMILES string of the molecule is CN(Cc1nc2ccccc2s1)Cn1nnc2ccccc2c1=O. The van der Waals surface area contributed by atoms with Crippen LogP contribution in [0.2, 0.25) is 0 Å². The van der Waals surface area contributed by atoms with Gasteiger partial charge in [0.2, 0.25) is 0 Å². The summed E-state index contributed by atoms with van der Waals surface area (Å²) < 4.78 is 2.55. The zero-order valence-electron chi connectivity index (χ0n) is 13.1. The zero-order valence-corrected chi connectivity index (χ0v) is 13.9. The molecule has 0 amide bonds. The molecule has 0 saturated heterocycles. The lowest BCUT2D eigenvalue weighted by Gasteiger charge is -2.15. The normalized spacial score (nSPS) is 11.6. The minimum absolute atomic E-state index is 0.128. The van der Waals surface area contributed by atoms with Crippen molar-refractivity contribution in [2.24, 2.45) is 0 Å². The number of hydrogen-bond acceptors (Lipinski definition) is 6. The van der Waals surface area contributed by atoms with Gasteiger partial charge in [-0.2, -0.15) is 4.68 Å². The van der Waals surface area contributed by atoms with Crippen molar-refractivity contribution in [3.05, 3.63) is 63.9 Å². The van der Waals surface area contributed by atoms with Crippen LogP contribution in [0, 0.1) is 0 Å². The van der Waals surface area contributed by atoms with E-state index in [0.29, 0.717) is 24.1 Å². The maximum absolute atomic E-state index is 12.5. The number of fused-ring (bicyclic) bond motifs is 2. The molecule has 0 fully saturated rings. The Labute approximate surface area is 142 Å². The monoisotopic (exact) mass is 337 g/mol. The van der Waals surface area contributed by atoms with E-state index >= 15 is 0 Å². The Bertz CT molecular complexity index is 1040. The molecule has 0 N–H and O–H groups in total. The molecule has 24 heavy (non-hydrogen) atoms. The van der Waals surface area contributed by atoms with E-state index < -0.39 is 0 Å². The molecule has 0 saturated carbocycles. The highest BCUT2D eigenvalue weighted by atomic mass is 32.1. The Hall–Kier alpha value is -2.64. The first-order chi connectivity index (χ1) is 11.7. The van der Waals surface area contributed by atoms with Crippen LogP contribution in [0.1, 0.15) is 5.01 Å². The van der Waals surface area contributed by atoms with Gasteiger partial charge in [-0.25, -0.2) is 4.98 Å². The fraction of sp³-hybridized carbons (Fsp3) is 0.176. The second-order valence-corrected chi connectivity index (χ2v) is 6.76. The van der Waals surface area contributed by atoms with Gasteiger partial charge in [0.15, 0.2) is 0 Å².